The third-order valence-electron chi connectivity index (χ3n) is 3.20. The highest BCUT2D eigenvalue weighted by molar-refractivity contribution is 9.10. The first kappa shape index (κ1) is 15.1. The predicted molar refractivity (Wildman–Crippen MR) is 88.5 cm³/mol. The molecule has 0 fully saturated rings. The van der Waals surface area contributed by atoms with Crippen LogP contribution >= 0.6 is 28.6 Å². The number of halogens is 1. The molecule has 0 heterocycles. The number of benzene rings is 2. The molecule has 0 saturated carbocycles. The molecule has 2 aromatic carbocycles. The van der Waals surface area contributed by atoms with Crippen molar-refractivity contribution in [2.24, 2.45) is 0 Å². The maximum atomic E-state index is 12.3. The molecule has 0 aliphatic carbocycles. The summed E-state index contributed by atoms with van der Waals surface area (Å²) in [5.74, 6) is -0.108. The summed E-state index contributed by atoms with van der Waals surface area (Å²) in [6.07, 6.45) is 0. The molecule has 0 aromatic heterocycles. The van der Waals surface area contributed by atoms with Crippen LogP contribution in [0.3, 0.4) is 0 Å². The van der Waals surface area contributed by atoms with E-state index in [4.69, 9.17) is 0 Å². The summed E-state index contributed by atoms with van der Waals surface area (Å²) in [6.45, 7) is 4.03. The minimum Gasteiger partial charge on any atom is -0.345 e. The SMILES string of the molecule is Cc1ccccc1C(C)NC(=O)c1cc(S)ccc1Br. The molecule has 0 bridgehead atoms. The second-order valence-electron chi connectivity index (χ2n) is 4.72. The van der Waals surface area contributed by atoms with Crippen LogP contribution in [0.2, 0.25) is 0 Å². The van der Waals surface area contributed by atoms with Gasteiger partial charge in [0, 0.05) is 9.37 Å². The highest BCUT2D eigenvalue weighted by atomic mass is 79.9. The number of hydrogen-bond acceptors (Lipinski definition) is 2. The Morgan fingerprint density at radius 2 is 1.95 bits per heavy atom. The van der Waals surface area contributed by atoms with Gasteiger partial charge in [-0.2, -0.15) is 0 Å². The Balaban J connectivity index is 2.20. The molecule has 0 spiro atoms. The number of hydrogen-bond donors (Lipinski definition) is 2. The fourth-order valence-corrected chi connectivity index (χ4v) is 2.74. The highest BCUT2D eigenvalue weighted by Crippen LogP contribution is 2.22. The van der Waals surface area contributed by atoms with Crippen molar-refractivity contribution in [2.45, 2.75) is 24.8 Å². The summed E-state index contributed by atoms with van der Waals surface area (Å²) in [5.41, 5.74) is 2.89. The van der Waals surface area contributed by atoms with E-state index in [2.05, 4.69) is 33.9 Å². The molecule has 0 saturated heterocycles. The summed E-state index contributed by atoms with van der Waals surface area (Å²) in [6, 6.07) is 13.4. The summed E-state index contributed by atoms with van der Waals surface area (Å²) in [4.78, 5) is 13.1. The zero-order valence-electron chi connectivity index (χ0n) is 11.4. The molecule has 1 amide bonds. The van der Waals surface area contributed by atoms with Crippen LogP contribution in [0.15, 0.2) is 51.8 Å². The van der Waals surface area contributed by atoms with Crippen LogP contribution in [-0.4, -0.2) is 5.91 Å². The van der Waals surface area contributed by atoms with E-state index in [-0.39, 0.29) is 11.9 Å². The number of amides is 1. The smallest absolute Gasteiger partial charge is 0.252 e. The number of carbonyl (C=O) groups is 1. The van der Waals surface area contributed by atoms with Gasteiger partial charge in [0.05, 0.1) is 11.6 Å². The molecule has 0 radical (unpaired) electrons. The standard InChI is InChI=1S/C16H16BrNOS/c1-10-5-3-4-6-13(10)11(2)18-16(19)14-9-12(20)7-8-15(14)17/h3-9,11,20H,1-2H3,(H,18,19). The molecule has 1 unspecified atom stereocenters. The number of carbonyl (C=O) groups excluding carboxylic acids is 1. The van der Waals surface area contributed by atoms with Gasteiger partial charge in [0.25, 0.3) is 5.91 Å². The third kappa shape index (κ3) is 3.44. The number of thiol groups is 1. The molecule has 2 aromatic rings. The lowest BCUT2D eigenvalue weighted by Crippen LogP contribution is -2.27. The monoisotopic (exact) mass is 349 g/mol. The predicted octanol–water partition coefficient (Wildman–Crippen LogP) is 4.54. The van der Waals surface area contributed by atoms with Gasteiger partial charge in [-0.25, -0.2) is 0 Å². The Bertz CT molecular complexity index is 642. The van der Waals surface area contributed by atoms with Gasteiger partial charge in [-0.1, -0.05) is 24.3 Å². The van der Waals surface area contributed by atoms with Crippen molar-refractivity contribution >= 4 is 34.5 Å². The van der Waals surface area contributed by atoms with Crippen molar-refractivity contribution < 1.29 is 4.79 Å². The average molecular weight is 350 g/mol. The van der Waals surface area contributed by atoms with Crippen LogP contribution in [0.4, 0.5) is 0 Å². The normalized spacial score (nSPS) is 12.0. The van der Waals surface area contributed by atoms with E-state index in [1.165, 1.54) is 5.56 Å². The second kappa shape index (κ2) is 6.46. The molecule has 2 rings (SSSR count). The quantitative estimate of drug-likeness (QED) is 0.782. The lowest BCUT2D eigenvalue weighted by atomic mass is 10.0. The molecule has 104 valence electrons. The van der Waals surface area contributed by atoms with E-state index >= 15 is 0 Å². The van der Waals surface area contributed by atoms with Gasteiger partial charge in [-0.3, -0.25) is 4.79 Å². The van der Waals surface area contributed by atoms with Gasteiger partial charge in [0.15, 0.2) is 0 Å². The number of nitrogens with one attached hydrogen (secondary N) is 1. The van der Waals surface area contributed by atoms with Crippen LogP contribution in [0.25, 0.3) is 0 Å². The topological polar surface area (TPSA) is 29.1 Å². The highest BCUT2D eigenvalue weighted by Gasteiger charge is 2.15. The minimum absolute atomic E-state index is 0.0424. The maximum Gasteiger partial charge on any atom is 0.252 e. The van der Waals surface area contributed by atoms with Gasteiger partial charge in [-0.05, 0) is 59.1 Å². The molecular formula is C16H16BrNOS. The fourth-order valence-electron chi connectivity index (χ4n) is 2.11. The maximum absolute atomic E-state index is 12.3. The Labute approximate surface area is 133 Å². The summed E-state index contributed by atoms with van der Waals surface area (Å²) >= 11 is 7.67. The first-order chi connectivity index (χ1) is 9.49. The van der Waals surface area contributed by atoms with Gasteiger partial charge in [0.2, 0.25) is 0 Å². The van der Waals surface area contributed by atoms with E-state index < -0.39 is 0 Å². The molecule has 0 aliphatic heterocycles. The van der Waals surface area contributed by atoms with E-state index in [0.29, 0.717) is 5.56 Å². The average Bonchev–Trinajstić information content (AvgIpc) is 2.41. The Kier molecular flexibility index (Phi) is 4.89. The Morgan fingerprint density at radius 3 is 2.65 bits per heavy atom. The fraction of sp³-hybridized carbons (Fsp3) is 0.188. The lowest BCUT2D eigenvalue weighted by Gasteiger charge is -2.17. The molecule has 4 heteroatoms. The van der Waals surface area contributed by atoms with Gasteiger partial charge >= 0.3 is 0 Å². The van der Waals surface area contributed by atoms with Gasteiger partial charge in [-0.15, -0.1) is 12.6 Å². The Morgan fingerprint density at radius 1 is 1.25 bits per heavy atom. The van der Waals surface area contributed by atoms with E-state index in [1.807, 2.05) is 50.2 Å². The van der Waals surface area contributed by atoms with Crippen molar-refractivity contribution in [3.8, 4) is 0 Å². The van der Waals surface area contributed by atoms with Crippen molar-refractivity contribution in [3.63, 3.8) is 0 Å². The molecule has 0 aliphatic rings. The first-order valence-corrected chi connectivity index (χ1v) is 7.58. The first-order valence-electron chi connectivity index (χ1n) is 6.34. The Hall–Kier alpha value is -1.26. The summed E-state index contributed by atoms with van der Waals surface area (Å²) < 4.78 is 0.768. The molecule has 20 heavy (non-hydrogen) atoms. The van der Waals surface area contributed by atoms with Crippen molar-refractivity contribution in [1.82, 2.24) is 5.32 Å². The lowest BCUT2D eigenvalue weighted by molar-refractivity contribution is 0.0939. The van der Waals surface area contributed by atoms with E-state index in [1.54, 1.807) is 6.07 Å². The second-order valence-corrected chi connectivity index (χ2v) is 6.09. The van der Waals surface area contributed by atoms with Crippen LogP contribution < -0.4 is 5.32 Å². The van der Waals surface area contributed by atoms with Gasteiger partial charge < -0.3 is 5.32 Å². The number of aryl methyl sites for hydroxylation is 1. The number of rotatable bonds is 3. The molecule has 2 nitrogen and oxygen atoms in total. The van der Waals surface area contributed by atoms with Crippen LogP contribution in [-0.2, 0) is 0 Å². The zero-order valence-corrected chi connectivity index (χ0v) is 13.8. The summed E-state index contributed by atoms with van der Waals surface area (Å²) in [7, 11) is 0. The zero-order chi connectivity index (χ0) is 14.7. The summed E-state index contributed by atoms with van der Waals surface area (Å²) in [5, 5.41) is 3.02. The van der Waals surface area contributed by atoms with E-state index in [9.17, 15) is 4.79 Å². The third-order valence-corrected chi connectivity index (χ3v) is 4.17. The van der Waals surface area contributed by atoms with Crippen molar-refractivity contribution in [3.05, 3.63) is 63.6 Å². The van der Waals surface area contributed by atoms with Crippen LogP contribution in [0, 0.1) is 6.92 Å². The minimum atomic E-state index is -0.108. The molecule has 1 N–H and O–H groups in total. The molecular weight excluding hydrogens is 334 g/mol. The van der Waals surface area contributed by atoms with Crippen molar-refractivity contribution in [2.75, 3.05) is 0 Å². The van der Waals surface area contributed by atoms with Crippen LogP contribution in [0.1, 0.15) is 34.5 Å². The van der Waals surface area contributed by atoms with Gasteiger partial charge in [0.1, 0.15) is 0 Å². The van der Waals surface area contributed by atoms with Crippen LogP contribution in [0.5, 0.6) is 0 Å². The largest absolute Gasteiger partial charge is 0.345 e. The molecule has 1 atom stereocenters. The van der Waals surface area contributed by atoms with E-state index in [0.717, 1.165) is 14.9 Å². The van der Waals surface area contributed by atoms with Crippen molar-refractivity contribution in [1.29, 1.82) is 0 Å².